The van der Waals surface area contributed by atoms with Gasteiger partial charge in [0.25, 0.3) is 0 Å². The third kappa shape index (κ3) is 4.10. The Kier molecular flexibility index (Phi) is 6.52. The summed E-state index contributed by atoms with van der Waals surface area (Å²) in [5.41, 5.74) is 4.16. The van der Waals surface area contributed by atoms with E-state index in [0.29, 0.717) is 0 Å². The molecule has 5 aromatic rings. The van der Waals surface area contributed by atoms with Gasteiger partial charge in [0, 0.05) is 47.7 Å². The Bertz CT molecular complexity index is 2910. The SMILES string of the molecule is CC1(C)C(C=C2C(=O)c3cc(C#N)c(C#N)cc3C2=O)=Cc2sc3c4c(sc3c21)-c1sc(C=C2C(=O)c3cc(C#N)c(C#N)cc3C2=O)cc1C4(C)C. The van der Waals surface area contributed by atoms with Gasteiger partial charge in [0.2, 0.25) is 0 Å². The minimum absolute atomic E-state index is 0.00900. The van der Waals surface area contributed by atoms with Gasteiger partial charge in [-0.05, 0) is 70.8 Å². The Hall–Kier alpha value is -6.34. The molecule has 0 fully saturated rings. The van der Waals surface area contributed by atoms with Gasteiger partial charge in [0.05, 0.1) is 47.7 Å². The third-order valence-electron chi connectivity index (χ3n) is 10.8. The molecule has 0 atom stereocenters. The van der Waals surface area contributed by atoms with E-state index in [1.165, 1.54) is 45.9 Å². The summed E-state index contributed by atoms with van der Waals surface area (Å²) in [6, 6.07) is 15.1. The van der Waals surface area contributed by atoms with Gasteiger partial charge in [0.1, 0.15) is 24.3 Å². The fourth-order valence-electron chi connectivity index (χ4n) is 7.98. The molecule has 53 heavy (non-hydrogen) atoms. The van der Waals surface area contributed by atoms with Gasteiger partial charge < -0.3 is 0 Å². The predicted molar refractivity (Wildman–Crippen MR) is 201 cm³/mol. The number of thiophene rings is 3. The first kappa shape index (κ1) is 32.6. The van der Waals surface area contributed by atoms with Crippen LogP contribution in [0.25, 0.3) is 31.3 Å². The molecule has 0 radical (unpaired) electrons. The van der Waals surface area contributed by atoms with Crippen LogP contribution in [-0.4, -0.2) is 23.1 Å². The molecule has 0 unspecified atom stereocenters. The standard InChI is InChI=1S/C42H20N4O4S3/c1-41(2)21(9-27-33(47)23-5-17(13-43)18(14-44)6-24(23)34(27)48)10-30-31(41)38-40(52-30)32-39(53-38)37-29(42(32,3)4)12-22(51-37)11-28-35(49)25-7-19(15-45)20(16-46)8-26(25)36(28)50/h5-12H,1-4H3. The zero-order valence-electron chi connectivity index (χ0n) is 28.3. The van der Waals surface area contributed by atoms with Crippen molar-refractivity contribution in [3.63, 3.8) is 0 Å². The maximum Gasteiger partial charge on any atom is 0.197 e. The molecule has 0 saturated heterocycles. The summed E-state index contributed by atoms with van der Waals surface area (Å²) in [5, 5.41) is 37.8. The summed E-state index contributed by atoms with van der Waals surface area (Å²) in [7, 11) is 0. The Labute approximate surface area is 314 Å². The molecule has 0 spiro atoms. The molecule has 0 aliphatic heterocycles. The molecular weight excluding hydrogens is 721 g/mol. The number of ketones is 4. The molecular formula is C42H20N4O4S3. The van der Waals surface area contributed by atoms with E-state index in [1.54, 1.807) is 34.8 Å². The van der Waals surface area contributed by atoms with E-state index in [9.17, 15) is 40.2 Å². The Balaban J connectivity index is 1.08. The van der Waals surface area contributed by atoms with Crippen molar-refractivity contribution in [1.29, 1.82) is 21.0 Å². The van der Waals surface area contributed by atoms with Crippen LogP contribution in [0.2, 0.25) is 0 Å². The van der Waals surface area contributed by atoms with Crippen LogP contribution in [0.15, 0.2) is 53.1 Å². The van der Waals surface area contributed by atoms with Gasteiger partial charge in [-0.15, -0.1) is 34.0 Å². The zero-order valence-corrected chi connectivity index (χ0v) is 30.7. The normalized spacial score (nSPS) is 16.7. The molecule has 4 aliphatic rings. The lowest BCUT2D eigenvalue weighted by Gasteiger charge is -2.22. The molecule has 11 heteroatoms. The predicted octanol–water partition coefficient (Wildman–Crippen LogP) is 8.96. The van der Waals surface area contributed by atoms with E-state index in [-0.39, 0.29) is 61.1 Å². The number of nitriles is 4. The average Bonchev–Trinajstić information content (AvgIpc) is 3.97. The van der Waals surface area contributed by atoms with Crippen molar-refractivity contribution in [2.24, 2.45) is 0 Å². The lowest BCUT2D eigenvalue weighted by molar-refractivity contribution is 0.0974. The van der Waals surface area contributed by atoms with Crippen molar-refractivity contribution < 1.29 is 19.2 Å². The van der Waals surface area contributed by atoms with Crippen molar-refractivity contribution in [3.8, 4) is 34.0 Å². The van der Waals surface area contributed by atoms with Crippen molar-refractivity contribution in [2.45, 2.75) is 38.5 Å². The molecule has 3 heterocycles. The highest BCUT2D eigenvalue weighted by Crippen LogP contribution is 2.63. The van der Waals surface area contributed by atoms with Gasteiger partial charge in [0.15, 0.2) is 23.1 Å². The van der Waals surface area contributed by atoms with Crippen LogP contribution in [0, 0.1) is 45.3 Å². The number of hydrogen-bond donors (Lipinski definition) is 0. The highest BCUT2D eigenvalue weighted by atomic mass is 32.1. The number of allylic oxidation sites excluding steroid dienone is 4. The number of Topliss-reactive ketones (excluding diaryl/α,β-unsaturated/α-hetero) is 4. The van der Waals surface area contributed by atoms with Gasteiger partial charge >= 0.3 is 0 Å². The van der Waals surface area contributed by atoms with Gasteiger partial charge in [-0.25, -0.2) is 0 Å². The molecule has 0 amide bonds. The van der Waals surface area contributed by atoms with Crippen molar-refractivity contribution in [3.05, 3.63) is 124 Å². The fraction of sp³-hybridized carbons (Fsp3) is 0.143. The maximum absolute atomic E-state index is 13.5. The number of carbonyl (C=O) groups excluding carboxylic acids is 4. The first-order valence-corrected chi connectivity index (χ1v) is 18.8. The highest BCUT2D eigenvalue weighted by Gasteiger charge is 2.45. The lowest BCUT2D eigenvalue weighted by Crippen LogP contribution is -2.17. The number of rotatable bonds is 2. The van der Waals surface area contributed by atoms with E-state index in [1.807, 2.05) is 36.4 Å². The largest absolute Gasteiger partial charge is 0.288 e. The first-order valence-electron chi connectivity index (χ1n) is 16.3. The second-order valence-electron chi connectivity index (χ2n) is 14.3. The summed E-state index contributed by atoms with van der Waals surface area (Å²) in [5.74, 6) is -1.84. The summed E-state index contributed by atoms with van der Waals surface area (Å²) in [6.45, 7) is 8.51. The maximum atomic E-state index is 13.5. The van der Waals surface area contributed by atoms with E-state index in [2.05, 4.69) is 27.7 Å². The minimum Gasteiger partial charge on any atom is -0.288 e. The summed E-state index contributed by atoms with van der Waals surface area (Å²) in [6.07, 6.45) is 5.33. The first-order chi connectivity index (χ1) is 25.2. The summed E-state index contributed by atoms with van der Waals surface area (Å²) >= 11 is 4.91. The third-order valence-corrected chi connectivity index (χ3v) is 14.5. The fourth-order valence-corrected chi connectivity index (χ4v) is 12.9. The topological polar surface area (TPSA) is 163 Å². The quantitative estimate of drug-likeness (QED) is 0.128. The zero-order chi connectivity index (χ0) is 37.5. The van der Waals surface area contributed by atoms with Crippen LogP contribution in [0.4, 0.5) is 0 Å². The van der Waals surface area contributed by atoms with Crippen LogP contribution in [0.1, 0.15) is 118 Å². The summed E-state index contributed by atoms with van der Waals surface area (Å²) in [4.78, 5) is 57.7. The highest BCUT2D eigenvalue weighted by molar-refractivity contribution is 7.32. The summed E-state index contributed by atoms with van der Waals surface area (Å²) < 4.78 is 2.32. The van der Waals surface area contributed by atoms with Crippen LogP contribution in [0.5, 0.6) is 0 Å². The Morgan fingerprint density at radius 1 is 0.547 bits per heavy atom. The number of hydrogen-bond acceptors (Lipinski definition) is 11. The molecule has 0 saturated carbocycles. The number of fused-ring (bicyclic) bond motifs is 9. The lowest BCUT2D eigenvalue weighted by atomic mass is 9.80. The van der Waals surface area contributed by atoms with Gasteiger partial charge in [-0.3, -0.25) is 19.2 Å². The second kappa shape index (κ2) is 10.6. The molecule has 9 rings (SSSR count). The van der Waals surface area contributed by atoms with Gasteiger partial charge in [-0.1, -0.05) is 27.7 Å². The minimum atomic E-state index is -0.544. The molecule has 2 aromatic carbocycles. The Morgan fingerprint density at radius 3 is 1.47 bits per heavy atom. The Morgan fingerprint density at radius 2 is 1.00 bits per heavy atom. The van der Waals surface area contributed by atoms with E-state index in [4.69, 9.17) is 0 Å². The van der Waals surface area contributed by atoms with Crippen molar-refractivity contribution in [1.82, 2.24) is 0 Å². The molecule has 250 valence electrons. The average molecular weight is 741 g/mol. The van der Waals surface area contributed by atoms with Crippen LogP contribution in [-0.2, 0) is 10.8 Å². The molecule has 4 aliphatic carbocycles. The smallest absolute Gasteiger partial charge is 0.197 e. The van der Waals surface area contributed by atoms with Crippen molar-refractivity contribution >= 4 is 78.7 Å². The molecule has 3 aromatic heterocycles. The van der Waals surface area contributed by atoms with Crippen LogP contribution >= 0.6 is 34.0 Å². The van der Waals surface area contributed by atoms with Crippen LogP contribution < -0.4 is 0 Å². The van der Waals surface area contributed by atoms with E-state index >= 15 is 0 Å². The monoisotopic (exact) mass is 740 g/mol. The molecule has 8 nitrogen and oxygen atoms in total. The number of carbonyl (C=O) groups is 4. The van der Waals surface area contributed by atoms with E-state index in [0.717, 1.165) is 40.9 Å². The number of nitrogens with zero attached hydrogens (tertiary/aromatic N) is 4. The second-order valence-corrected chi connectivity index (χ2v) is 17.5. The van der Waals surface area contributed by atoms with Crippen molar-refractivity contribution in [2.75, 3.05) is 0 Å². The van der Waals surface area contributed by atoms with Crippen LogP contribution in [0.3, 0.4) is 0 Å². The van der Waals surface area contributed by atoms with E-state index < -0.39 is 28.5 Å². The molecule has 0 bridgehead atoms. The number of benzene rings is 2. The molecule has 0 N–H and O–H groups in total. The van der Waals surface area contributed by atoms with Gasteiger partial charge in [-0.2, -0.15) is 21.0 Å².